The molecule has 1 aliphatic rings. The standard InChI is InChI=1S/C25H20N2O5S/c1-3-31-16-10-11-17-19(13-16)33-25(26-17)27-21(18-12-9-14(2)32-18)20(23(29)24(27)30)22(28)15-7-5-4-6-8-15/h4-13,21,28H,3H2,1-2H3/b22-20+. The fourth-order valence-corrected chi connectivity index (χ4v) is 4.92. The lowest BCUT2D eigenvalue weighted by atomic mass is 9.99. The summed E-state index contributed by atoms with van der Waals surface area (Å²) in [6, 6.07) is 16.7. The van der Waals surface area contributed by atoms with E-state index in [0.717, 1.165) is 4.70 Å². The van der Waals surface area contributed by atoms with Gasteiger partial charge in [0.05, 0.1) is 22.4 Å². The van der Waals surface area contributed by atoms with Crippen molar-refractivity contribution >= 4 is 44.1 Å². The molecular weight excluding hydrogens is 440 g/mol. The molecule has 1 aliphatic heterocycles. The van der Waals surface area contributed by atoms with Crippen molar-refractivity contribution in [1.29, 1.82) is 0 Å². The molecule has 0 aliphatic carbocycles. The second kappa shape index (κ2) is 8.22. The molecule has 1 amide bonds. The van der Waals surface area contributed by atoms with E-state index in [9.17, 15) is 14.7 Å². The first-order chi connectivity index (χ1) is 16.0. The number of carbonyl (C=O) groups excluding carboxylic acids is 2. The number of rotatable bonds is 5. The van der Waals surface area contributed by atoms with Gasteiger partial charge < -0.3 is 14.3 Å². The Hall–Kier alpha value is -3.91. The third-order valence-corrected chi connectivity index (χ3v) is 6.41. The Morgan fingerprint density at radius 3 is 2.64 bits per heavy atom. The predicted octanol–water partition coefficient (Wildman–Crippen LogP) is 5.22. The predicted molar refractivity (Wildman–Crippen MR) is 125 cm³/mol. The minimum absolute atomic E-state index is 0.0326. The van der Waals surface area contributed by atoms with Crippen LogP contribution in [0, 0.1) is 6.92 Å². The average molecular weight is 461 g/mol. The van der Waals surface area contributed by atoms with Gasteiger partial charge in [0.1, 0.15) is 29.1 Å². The van der Waals surface area contributed by atoms with Crippen molar-refractivity contribution in [3.63, 3.8) is 0 Å². The van der Waals surface area contributed by atoms with Gasteiger partial charge in [0.25, 0.3) is 5.78 Å². The van der Waals surface area contributed by atoms with Gasteiger partial charge in [-0.15, -0.1) is 0 Å². The molecule has 8 heteroatoms. The number of carbonyl (C=O) groups is 2. The minimum atomic E-state index is -0.939. The number of hydrogen-bond acceptors (Lipinski definition) is 7. The van der Waals surface area contributed by atoms with Crippen LogP contribution in [-0.4, -0.2) is 28.4 Å². The quantitative estimate of drug-likeness (QED) is 0.249. The Morgan fingerprint density at radius 1 is 1.15 bits per heavy atom. The number of benzene rings is 2. The van der Waals surface area contributed by atoms with Gasteiger partial charge in [-0.05, 0) is 44.2 Å². The molecule has 0 bridgehead atoms. The number of fused-ring (bicyclic) bond motifs is 1. The molecule has 166 valence electrons. The summed E-state index contributed by atoms with van der Waals surface area (Å²) in [6.07, 6.45) is 0. The van der Waals surface area contributed by atoms with Gasteiger partial charge in [-0.25, -0.2) is 4.98 Å². The van der Waals surface area contributed by atoms with E-state index in [0.29, 0.717) is 40.1 Å². The highest BCUT2D eigenvalue weighted by atomic mass is 32.1. The number of ether oxygens (including phenoxy) is 1. The van der Waals surface area contributed by atoms with Crippen molar-refractivity contribution in [1.82, 2.24) is 4.98 Å². The van der Waals surface area contributed by atoms with Crippen LogP contribution in [0.4, 0.5) is 5.13 Å². The van der Waals surface area contributed by atoms with Crippen LogP contribution < -0.4 is 9.64 Å². The van der Waals surface area contributed by atoms with Crippen molar-refractivity contribution in [2.45, 2.75) is 19.9 Å². The van der Waals surface area contributed by atoms with Crippen LogP contribution in [0.5, 0.6) is 5.75 Å². The number of aliphatic hydroxyl groups excluding tert-OH is 1. The minimum Gasteiger partial charge on any atom is -0.507 e. The number of anilines is 1. The maximum Gasteiger partial charge on any atom is 0.302 e. The number of aryl methyl sites for hydroxylation is 1. The zero-order valence-corrected chi connectivity index (χ0v) is 18.8. The smallest absolute Gasteiger partial charge is 0.302 e. The van der Waals surface area contributed by atoms with Crippen molar-refractivity contribution < 1.29 is 23.8 Å². The van der Waals surface area contributed by atoms with Gasteiger partial charge >= 0.3 is 5.91 Å². The lowest BCUT2D eigenvalue weighted by molar-refractivity contribution is -0.132. The number of thiazole rings is 1. The molecule has 3 heterocycles. The van der Waals surface area contributed by atoms with Crippen molar-refractivity contribution in [2.75, 3.05) is 11.5 Å². The third-order valence-electron chi connectivity index (χ3n) is 5.39. The summed E-state index contributed by atoms with van der Waals surface area (Å²) in [5, 5.41) is 11.4. The van der Waals surface area contributed by atoms with E-state index >= 15 is 0 Å². The van der Waals surface area contributed by atoms with Crippen molar-refractivity contribution in [3.8, 4) is 5.75 Å². The van der Waals surface area contributed by atoms with Gasteiger partial charge in [0.2, 0.25) is 0 Å². The lowest BCUT2D eigenvalue weighted by Crippen LogP contribution is -2.29. The van der Waals surface area contributed by atoms with Gasteiger partial charge in [0, 0.05) is 5.56 Å². The maximum absolute atomic E-state index is 13.2. The molecule has 4 aromatic rings. The van der Waals surface area contributed by atoms with Crippen LogP contribution >= 0.6 is 11.3 Å². The monoisotopic (exact) mass is 460 g/mol. The second-order valence-electron chi connectivity index (χ2n) is 7.54. The second-order valence-corrected chi connectivity index (χ2v) is 8.55. The highest BCUT2D eigenvalue weighted by Gasteiger charge is 2.49. The van der Waals surface area contributed by atoms with Crippen LogP contribution in [0.25, 0.3) is 16.0 Å². The number of Topliss-reactive ketones (excluding diaryl/α,β-unsaturated/α-hetero) is 1. The molecule has 5 rings (SSSR count). The normalized spacial score (nSPS) is 17.8. The number of amides is 1. The van der Waals surface area contributed by atoms with E-state index in [1.54, 1.807) is 49.4 Å². The first-order valence-corrected chi connectivity index (χ1v) is 11.3. The van der Waals surface area contributed by atoms with E-state index in [2.05, 4.69) is 4.98 Å². The van der Waals surface area contributed by atoms with E-state index in [-0.39, 0.29) is 11.3 Å². The lowest BCUT2D eigenvalue weighted by Gasteiger charge is -2.20. The molecule has 33 heavy (non-hydrogen) atoms. The highest BCUT2D eigenvalue weighted by Crippen LogP contribution is 2.45. The Kier molecular flexibility index (Phi) is 5.22. The van der Waals surface area contributed by atoms with E-state index in [1.807, 2.05) is 25.1 Å². The summed E-state index contributed by atoms with van der Waals surface area (Å²) < 4.78 is 12.2. The number of hydrogen-bond donors (Lipinski definition) is 1. The summed E-state index contributed by atoms with van der Waals surface area (Å²) in [6.45, 7) is 4.21. The zero-order valence-electron chi connectivity index (χ0n) is 17.9. The average Bonchev–Trinajstić information content (AvgIpc) is 3.50. The topological polar surface area (TPSA) is 92.9 Å². The molecule has 1 atom stereocenters. The third kappa shape index (κ3) is 3.58. The molecule has 1 unspecified atom stereocenters. The van der Waals surface area contributed by atoms with E-state index in [1.165, 1.54) is 16.2 Å². The molecule has 0 saturated carbocycles. The number of ketones is 1. The largest absolute Gasteiger partial charge is 0.507 e. The summed E-state index contributed by atoms with van der Waals surface area (Å²) in [7, 11) is 0. The summed E-state index contributed by atoms with van der Waals surface area (Å²) in [4.78, 5) is 32.3. The van der Waals surface area contributed by atoms with Crippen LogP contribution in [0.15, 0.2) is 70.7 Å². The molecule has 2 aromatic carbocycles. The zero-order chi connectivity index (χ0) is 23.1. The maximum atomic E-state index is 13.2. The first kappa shape index (κ1) is 21.0. The molecule has 1 fully saturated rings. The number of aliphatic hydroxyl groups is 1. The SMILES string of the molecule is CCOc1ccc2nc(N3C(=O)C(=O)/C(=C(/O)c4ccccc4)C3c3ccc(C)o3)sc2c1. The molecular formula is C25H20N2O5S. The van der Waals surface area contributed by atoms with Crippen LogP contribution in [0.3, 0.4) is 0 Å². The summed E-state index contributed by atoms with van der Waals surface area (Å²) in [5.41, 5.74) is 1.09. The summed E-state index contributed by atoms with van der Waals surface area (Å²) >= 11 is 1.27. The highest BCUT2D eigenvalue weighted by molar-refractivity contribution is 7.22. The molecule has 0 radical (unpaired) electrons. The Balaban J connectivity index is 1.68. The van der Waals surface area contributed by atoms with Crippen LogP contribution in [0.2, 0.25) is 0 Å². The fraction of sp³-hybridized carbons (Fsp3) is 0.160. The Morgan fingerprint density at radius 2 is 1.94 bits per heavy atom. The van der Waals surface area contributed by atoms with Gasteiger partial charge in [0.15, 0.2) is 5.13 Å². The fourth-order valence-electron chi connectivity index (χ4n) is 3.90. The number of aromatic nitrogens is 1. The first-order valence-electron chi connectivity index (χ1n) is 10.4. The van der Waals surface area contributed by atoms with E-state index < -0.39 is 17.7 Å². The molecule has 1 N–H and O–H groups in total. The van der Waals surface area contributed by atoms with Gasteiger partial charge in [-0.2, -0.15) is 0 Å². The Labute approximate surface area is 193 Å². The van der Waals surface area contributed by atoms with Gasteiger partial charge in [-0.3, -0.25) is 14.5 Å². The Bertz CT molecular complexity index is 1400. The van der Waals surface area contributed by atoms with Gasteiger partial charge in [-0.1, -0.05) is 41.7 Å². The van der Waals surface area contributed by atoms with Crippen molar-refractivity contribution in [3.05, 3.63) is 83.3 Å². The summed E-state index contributed by atoms with van der Waals surface area (Å²) in [5.74, 6) is -0.112. The number of nitrogens with zero attached hydrogens (tertiary/aromatic N) is 2. The molecule has 0 spiro atoms. The molecule has 1 saturated heterocycles. The van der Waals surface area contributed by atoms with E-state index in [4.69, 9.17) is 9.15 Å². The molecule has 2 aromatic heterocycles. The van der Waals surface area contributed by atoms with Crippen LogP contribution in [0.1, 0.15) is 30.0 Å². The molecule has 7 nitrogen and oxygen atoms in total. The number of furan rings is 1. The van der Waals surface area contributed by atoms with Crippen LogP contribution in [-0.2, 0) is 9.59 Å². The van der Waals surface area contributed by atoms with Crippen molar-refractivity contribution in [2.24, 2.45) is 0 Å².